The molecule has 0 radical (unpaired) electrons. The number of aryl methyl sites for hydroxylation is 1. The van der Waals surface area contributed by atoms with Gasteiger partial charge in [0.1, 0.15) is 5.82 Å². The molecule has 2 rings (SSSR count). The highest BCUT2D eigenvalue weighted by atomic mass is 19.1. The molecule has 1 fully saturated rings. The fourth-order valence-corrected chi connectivity index (χ4v) is 2.34. The van der Waals surface area contributed by atoms with Crippen molar-refractivity contribution < 1.29 is 9.13 Å². The Morgan fingerprint density at radius 1 is 1.53 bits per heavy atom. The summed E-state index contributed by atoms with van der Waals surface area (Å²) in [6.07, 6.45) is 3.49. The predicted molar refractivity (Wildman–Crippen MR) is 66.5 cm³/mol. The molecule has 2 atom stereocenters. The van der Waals surface area contributed by atoms with Gasteiger partial charge in [0.15, 0.2) is 0 Å². The second-order valence-corrected chi connectivity index (χ2v) is 4.72. The zero-order valence-electron chi connectivity index (χ0n) is 10.5. The topological polar surface area (TPSA) is 21.3 Å². The second kappa shape index (κ2) is 5.61. The molecule has 1 N–H and O–H groups in total. The Balaban J connectivity index is 2.08. The zero-order valence-corrected chi connectivity index (χ0v) is 10.5. The van der Waals surface area contributed by atoms with Gasteiger partial charge >= 0.3 is 0 Å². The van der Waals surface area contributed by atoms with Crippen LogP contribution in [0.2, 0.25) is 0 Å². The Labute approximate surface area is 102 Å². The number of rotatable bonds is 4. The van der Waals surface area contributed by atoms with Crippen LogP contribution in [0, 0.1) is 12.7 Å². The van der Waals surface area contributed by atoms with Gasteiger partial charge < -0.3 is 10.1 Å². The molecule has 0 aromatic heterocycles. The van der Waals surface area contributed by atoms with E-state index in [0.29, 0.717) is 11.7 Å². The van der Waals surface area contributed by atoms with E-state index in [9.17, 15) is 4.39 Å². The van der Waals surface area contributed by atoms with Crippen LogP contribution >= 0.6 is 0 Å². The van der Waals surface area contributed by atoms with E-state index in [1.54, 1.807) is 13.0 Å². The summed E-state index contributed by atoms with van der Waals surface area (Å²) in [5.74, 6) is -0.130. The molecule has 2 nitrogen and oxygen atoms in total. The third-order valence-corrected chi connectivity index (χ3v) is 3.47. The normalized spacial score (nSPS) is 21.7. The van der Waals surface area contributed by atoms with Crippen molar-refractivity contribution in [1.82, 2.24) is 5.32 Å². The molecule has 94 valence electrons. The minimum atomic E-state index is -0.130. The van der Waals surface area contributed by atoms with Crippen LogP contribution in [0.1, 0.15) is 36.4 Å². The Hall–Kier alpha value is -0.930. The number of hydrogen-bond donors (Lipinski definition) is 1. The van der Waals surface area contributed by atoms with Crippen LogP contribution in [0.3, 0.4) is 0 Å². The summed E-state index contributed by atoms with van der Waals surface area (Å²) in [5.41, 5.74) is 1.70. The second-order valence-electron chi connectivity index (χ2n) is 4.72. The Bertz CT molecular complexity index is 374. The van der Waals surface area contributed by atoms with Gasteiger partial charge in [0.25, 0.3) is 0 Å². The van der Waals surface area contributed by atoms with Crippen molar-refractivity contribution in [3.63, 3.8) is 0 Å². The first-order valence-corrected chi connectivity index (χ1v) is 6.25. The number of halogens is 1. The van der Waals surface area contributed by atoms with Gasteiger partial charge in [-0.05, 0) is 50.4 Å². The lowest BCUT2D eigenvalue weighted by Crippen LogP contribution is -2.22. The van der Waals surface area contributed by atoms with Crippen molar-refractivity contribution >= 4 is 0 Å². The molecule has 0 saturated carbocycles. The fraction of sp³-hybridized carbons (Fsp3) is 0.571. The molecule has 1 aromatic rings. The molecule has 0 aliphatic carbocycles. The molecule has 1 aliphatic heterocycles. The molecule has 2 unspecified atom stereocenters. The first-order chi connectivity index (χ1) is 8.20. The summed E-state index contributed by atoms with van der Waals surface area (Å²) in [5, 5.41) is 3.25. The molecular weight excluding hydrogens is 217 g/mol. The van der Waals surface area contributed by atoms with E-state index in [-0.39, 0.29) is 11.9 Å². The maximum Gasteiger partial charge on any atom is 0.126 e. The Morgan fingerprint density at radius 3 is 2.94 bits per heavy atom. The Morgan fingerprint density at radius 2 is 2.35 bits per heavy atom. The van der Waals surface area contributed by atoms with Gasteiger partial charge in [-0.1, -0.05) is 12.1 Å². The fourth-order valence-electron chi connectivity index (χ4n) is 2.34. The average molecular weight is 237 g/mol. The molecular formula is C14H20FNO. The smallest absolute Gasteiger partial charge is 0.126 e. The molecule has 3 heteroatoms. The van der Waals surface area contributed by atoms with E-state index in [1.165, 1.54) is 0 Å². The van der Waals surface area contributed by atoms with Crippen molar-refractivity contribution in [2.75, 3.05) is 13.7 Å². The monoisotopic (exact) mass is 237 g/mol. The molecule has 1 aromatic carbocycles. The highest BCUT2D eigenvalue weighted by Crippen LogP contribution is 2.25. The molecule has 1 aliphatic rings. The quantitative estimate of drug-likeness (QED) is 0.869. The van der Waals surface area contributed by atoms with Crippen LogP contribution in [0.15, 0.2) is 18.2 Å². The van der Waals surface area contributed by atoms with E-state index in [1.807, 2.05) is 19.2 Å². The van der Waals surface area contributed by atoms with Crippen molar-refractivity contribution in [2.24, 2.45) is 0 Å². The molecule has 17 heavy (non-hydrogen) atoms. The lowest BCUT2D eigenvalue weighted by Gasteiger charge is -2.20. The lowest BCUT2D eigenvalue weighted by atomic mass is 9.98. The van der Waals surface area contributed by atoms with Crippen molar-refractivity contribution in [3.05, 3.63) is 35.1 Å². The van der Waals surface area contributed by atoms with E-state index in [0.717, 1.165) is 31.4 Å². The van der Waals surface area contributed by atoms with Gasteiger partial charge in [-0.25, -0.2) is 4.39 Å². The van der Waals surface area contributed by atoms with Crippen molar-refractivity contribution in [1.29, 1.82) is 0 Å². The van der Waals surface area contributed by atoms with Crippen molar-refractivity contribution in [3.8, 4) is 0 Å². The SMILES string of the molecule is CNC(CC1CCCO1)c1ccc(C)c(F)c1. The minimum Gasteiger partial charge on any atom is -0.378 e. The van der Waals surface area contributed by atoms with Gasteiger partial charge in [-0.15, -0.1) is 0 Å². The molecule has 0 spiro atoms. The van der Waals surface area contributed by atoms with Crippen molar-refractivity contribution in [2.45, 2.75) is 38.3 Å². The molecule has 0 amide bonds. The van der Waals surface area contributed by atoms with Crippen LogP contribution < -0.4 is 5.32 Å². The van der Waals surface area contributed by atoms with Crippen LogP contribution in [0.4, 0.5) is 4.39 Å². The summed E-state index contributed by atoms with van der Waals surface area (Å²) in [4.78, 5) is 0. The van der Waals surface area contributed by atoms with E-state index >= 15 is 0 Å². The summed E-state index contributed by atoms with van der Waals surface area (Å²) in [6, 6.07) is 5.64. The van der Waals surface area contributed by atoms with Gasteiger partial charge in [0.2, 0.25) is 0 Å². The highest BCUT2D eigenvalue weighted by molar-refractivity contribution is 5.25. The maximum atomic E-state index is 13.5. The third kappa shape index (κ3) is 3.05. The summed E-state index contributed by atoms with van der Waals surface area (Å²) in [7, 11) is 1.91. The molecule has 1 saturated heterocycles. The average Bonchev–Trinajstić information content (AvgIpc) is 2.82. The summed E-state index contributed by atoms with van der Waals surface area (Å²) < 4.78 is 19.2. The number of ether oxygens (including phenoxy) is 1. The van der Waals surface area contributed by atoms with Crippen LogP contribution in [-0.2, 0) is 4.74 Å². The predicted octanol–water partition coefficient (Wildman–Crippen LogP) is 2.96. The Kier molecular flexibility index (Phi) is 4.13. The number of benzene rings is 1. The number of nitrogens with one attached hydrogen (secondary N) is 1. The van der Waals surface area contributed by atoms with Gasteiger partial charge in [-0.2, -0.15) is 0 Å². The first kappa shape index (κ1) is 12.5. The lowest BCUT2D eigenvalue weighted by molar-refractivity contribution is 0.0953. The summed E-state index contributed by atoms with van der Waals surface area (Å²) >= 11 is 0. The molecule has 0 bridgehead atoms. The standard InChI is InChI=1S/C14H20FNO/c1-10-5-6-11(8-13(10)15)14(16-2)9-12-4-3-7-17-12/h5-6,8,12,14,16H,3-4,7,9H2,1-2H3. The first-order valence-electron chi connectivity index (χ1n) is 6.25. The van der Waals surface area contributed by atoms with Crippen LogP contribution in [0.25, 0.3) is 0 Å². The maximum absolute atomic E-state index is 13.5. The van der Waals surface area contributed by atoms with E-state index < -0.39 is 0 Å². The highest BCUT2D eigenvalue weighted by Gasteiger charge is 2.21. The zero-order chi connectivity index (χ0) is 12.3. The third-order valence-electron chi connectivity index (χ3n) is 3.47. The minimum absolute atomic E-state index is 0.130. The van der Waals surface area contributed by atoms with Gasteiger partial charge in [0, 0.05) is 12.6 Å². The van der Waals surface area contributed by atoms with Crippen LogP contribution in [0.5, 0.6) is 0 Å². The number of hydrogen-bond acceptors (Lipinski definition) is 2. The van der Waals surface area contributed by atoms with Crippen LogP contribution in [-0.4, -0.2) is 19.8 Å². The molecule has 1 heterocycles. The largest absolute Gasteiger partial charge is 0.378 e. The van der Waals surface area contributed by atoms with Gasteiger partial charge in [0.05, 0.1) is 6.10 Å². The van der Waals surface area contributed by atoms with E-state index in [4.69, 9.17) is 4.74 Å². The van der Waals surface area contributed by atoms with Gasteiger partial charge in [-0.3, -0.25) is 0 Å². The summed E-state index contributed by atoms with van der Waals surface area (Å²) in [6.45, 7) is 2.65. The van der Waals surface area contributed by atoms with E-state index in [2.05, 4.69) is 5.32 Å².